The molecule has 0 aromatic heterocycles. The maximum absolute atomic E-state index is 11.5. The van der Waals surface area contributed by atoms with Crippen LogP contribution in [-0.2, 0) is 19.2 Å². The molecule has 0 heterocycles. The van der Waals surface area contributed by atoms with Gasteiger partial charge in [-0.2, -0.15) is 0 Å². The summed E-state index contributed by atoms with van der Waals surface area (Å²) < 4.78 is 0. The summed E-state index contributed by atoms with van der Waals surface area (Å²) in [6, 6.07) is 0. The summed E-state index contributed by atoms with van der Waals surface area (Å²) in [5, 5.41) is 17.4. The molecule has 6 heteroatoms. The van der Waals surface area contributed by atoms with Crippen molar-refractivity contribution in [2.75, 3.05) is 0 Å². The van der Waals surface area contributed by atoms with Crippen LogP contribution >= 0.6 is 0 Å². The van der Waals surface area contributed by atoms with Gasteiger partial charge in [-0.3, -0.25) is 19.2 Å². The smallest absolute Gasteiger partial charge is 0.303 e. The van der Waals surface area contributed by atoms with Gasteiger partial charge in [0.2, 0.25) is 0 Å². The SMILES string of the molecule is CC/C=C/C[C@H]1C(=O)CC[C@H]1CC(=O)O.CC/C=C\C[C@H]1C(=O)CC[C@H]1CC(=O)O. The first kappa shape index (κ1) is 25.8. The van der Waals surface area contributed by atoms with E-state index >= 15 is 0 Å². The minimum Gasteiger partial charge on any atom is -0.481 e. The first-order valence-electron chi connectivity index (χ1n) is 11.1. The molecule has 0 aliphatic heterocycles. The van der Waals surface area contributed by atoms with Gasteiger partial charge in [-0.15, -0.1) is 0 Å². The molecule has 0 unspecified atom stereocenters. The van der Waals surface area contributed by atoms with Crippen molar-refractivity contribution in [3.05, 3.63) is 24.3 Å². The highest BCUT2D eigenvalue weighted by molar-refractivity contribution is 5.85. The van der Waals surface area contributed by atoms with Gasteiger partial charge in [-0.1, -0.05) is 38.2 Å². The van der Waals surface area contributed by atoms with E-state index in [0.29, 0.717) is 25.7 Å². The number of allylic oxidation sites excluding steroid dienone is 4. The number of carbonyl (C=O) groups is 4. The zero-order valence-electron chi connectivity index (χ0n) is 18.2. The summed E-state index contributed by atoms with van der Waals surface area (Å²) in [5.74, 6) is -1.11. The van der Waals surface area contributed by atoms with E-state index < -0.39 is 11.9 Å². The molecular weight excluding hydrogens is 384 g/mol. The van der Waals surface area contributed by atoms with Gasteiger partial charge >= 0.3 is 11.9 Å². The zero-order valence-corrected chi connectivity index (χ0v) is 18.2. The summed E-state index contributed by atoms with van der Waals surface area (Å²) in [4.78, 5) is 44.3. The van der Waals surface area contributed by atoms with Gasteiger partial charge < -0.3 is 10.2 Å². The van der Waals surface area contributed by atoms with Crippen molar-refractivity contribution in [3.8, 4) is 0 Å². The second-order valence-electron chi connectivity index (χ2n) is 8.17. The van der Waals surface area contributed by atoms with Crippen molar-refractivity contribution in [1.82, 2.24) is 0 Å². The van der Waals surface area contributed by atoms with E-state index in [1.807, 2.05) is 38.2 Å². The number of hydrogen-bond donors (Lipinski definition) is 2. The standard InChI is InChI=1S/2C12H18O3/c2*1-2-3-4-5-10-9(8-12(14)15)6-7-11(10)13/h2*3-4,9-10H,2,5-8H2,1H3,(H,14,15)/b4-3+;4-3-/t2*9-,10+/m00/s1. The number of Topliss-reactive ketones (excluding diaryl/α,β-unsaturated/α-hetero) is 2. The van der Waals surface area contributed by atoms with Crippen LogP contribution in [0.2, 0.25) is 0 Å². The normalized spacial score (nSPS) is 26.3. The van der Waals surface area contributed by atoms with Crippen LogP contribution in [0, 0.1) is 23.7 Å². The summed E-state index contributed by atoms with van der Waals surface area (Å²) in [6.07, 6.45) is 14.3. The van der Waals surface area contributed by atoms with Gasteiger partial charge in [0.1, 0.15) is 11.6 Å². The molecule has 0 spiro atoms. The van der Waals surface area contributed by atoms with E-state index in [1.165, 1.54) is 0 Å². The molecule has 2 N–H and O–H groups in total. The number of carboxylic acid groups (broad SMARTS) is 2. The fraction of sp³-hybridized carbons (Fsp3) is 0.667. The molecule has 0 amide bonds. The van der Waals surface area contributed by atoms with Gasteiger partial charge in [-0.25, -0.2) is 0 Å². The van der Waals surface area contributed by atoms with Crippen LogP contribution in [0.25, 0.3) is 0 Å². The topological polar surface area (TPSA) is 109 Å². The van der Waals surface area contributed by atoms with E-state index in [-0.39, 0.29) is 48.1 Å². The minimum atomic E-state index is -0.792. The first-order valence-corrected chi connectivity index (χ1v) is 11.1. The average Bonchev–Trinajstić information content (AvgIpc) is 3.19. The van der Waals surface area contributed by atoms with Crippen LogP contribution in [0.3, 0.4) is 0 Å². The number of ketones is 2. The van der Waals surface area contributed by atoms with E-state index in [1.54, 1.807) is 0 Å². The number of rotatable bonds is 10. The van der Waals surface area contributed by atoms with Gasteiger partial charge in [0, 0.05) is 37.5 Å². The molecule has 2 saturated carbocycles. The second-order valence-corrected chi connectivity index (χ2v) is 8.17. The molecule has 168 valence electrons. The number of hydrogen-bond acceptors (Lipinski definition) is 4. The third-order valence-electron chi connectivity index (χ3n) is 5.95. The van der Waals surface area contributed by atoms with Crippen LogP contribution in [0.4, 0.5) is 0 Å². The Morgan fingerprint density at radius 2 is 1.13 bits per heavy atom. The Morgan fingerprint density at radius 3 is 1.43 bits per heavy atom. The molecule has 0 radical (unpaired) electrons. The Hall–Kier alpha value is -2.24. The lowest BCUT2D eigenvalue weighted by Crippen LogP contribution is -2.17. The Labute approximate surface area is 179 Å². The van der Waals surface area contributed by atoms with Crippen LogP contribution in [0.15, 0.2) is 24.3 Å². The highest BCUT2D eigenvalue weighted by atomic mass is 16.4. The second kappa shape index (κ2) is 13.9. The molecule has 2 aliphatic carbocycles. The molecule has 6 nitrogen and oxygen atoms in total. The number of aliphatic carboxylic acids is 2. The lowest BCUT2D eigenvalue weighted by molar-refractivity contribution is -0.139. The number of carboxylic acids is 2. The zero-order chi connectivity index (χ0) is 22.5. The van der Waals surface area contributed by atoms with Gasteiger partial charge in [0.15, 0.2) is 0 Å². The summed E-state index contributed by atoms with van der Waals surface area (Å²) in [7, 11) is 0. The van der Waals surface area contributed by atoms with Crippen LogP contribution in [-0.4, -0.2) is 33.7 Å². The molecule has 2 aliphatic rings. The largest absolute Gasteiger partial charge is 0.481 e. The monoisotopic (exact) mass is 420 g/mol. The Balaban J connectivity index is 0.000000300. The number of carbonyl (C=O) groups excluding carboxylic acids is 2. The van der Waals surface area contributed by atoms with Crippen molar-refractivity contribution >= 4 is 23.5 Å². The van der Waals surface area contributed by atoms with Crippen molar-refractivity contribution in [2.45, 2.75) is 78.1 Å². The van der Waals surface area contributed by atoms with E-state index in [0.717, 1.165) is 25.7 Å². The molecule has 0 saturated heterocycles. The third kappa shape index (κ3) is 9.06. The fourth-order valence-electron chi connectivity index (χ4n) is 4.36. The predicted molar refractivity (Wildman–Crippen MR) is 115 cm³/mol. The Kier molecular flexibility index (Phi) is 11.9. The Bertz CT molecular complexity index is 592. The van der Waals surface area contributed by atoms with E-state index in [4.69, 9.17) is 10.2 Å². The lowest BCUT2D eigenvalue weighted by Gasteiger charge is -2.14. The maximum Gasteiger partial charge on any atom is 0.303 e. The Morgan fingerprint density at radius 1 is 0.767 bits per heavy atom. The molecule has 0 aromatic rings. The average molecular weight is 421 g/mol. The third-order valence-corrected chi connectivity index (χ3v) is 5.95. The highest BCUT2D eigenvalue weighted by Crippen LogP contribution is 2.34. The molecule has 0 aromatic carbocycles. The predicted octanol–water partition coefficient (Wildman–Crippen LogP) is 4.83. The summed E-state index contributed by atoms with van der Waals surface area (Å²) >= 11 is 0. The van der Waals surface area contributed by atoms with Crippen molar-refractivity contribution in [3.63, 3.8) is 0 Å². The van der Waals surface area contributed by atoms with Crippen molar-refractivity contribution in [2.24, 2.45) is 23.7 Å². The van der Waals surface area contributed by atoms with Gasteiger partial charge in [0.05, 0.1) is 0 Å². The summed E-state index contributed by atoms with van der Waals surface area (Å²) in [5.41, 5.74) is 0. The van der Waals surface area contributed by atoms with Crippen LogP contribution in [0.5, 0.6) is 0 Å². The molecule has 0 bridgehead atoms. The van der Waals surface area contributed by atoms with Gasteiger partial charge in [-0.05, 0) is 50.4 Å². The molecule has 2 rings (SSSR count). The fourth-order valence-corrected chi connectivity index (χ4v) is 4.36. The van der Waals surface area contributed by atoms with Crippen molar-refractivity contribution in [1.29, 1.82) is 0 Å². The molecule has 2 fully saturated rings. The van der Waals surface area contributed by atoms with Crippen LogP contribution < -0.4 is 0 Å². The molecule has 30 heavy (non-hydrogen) atoms. The quantitative estimate of drug-likeness (QED) is 0.490. The van der Waals surface area contributed by atoms with E-state index in [9.17, 15) is 19.2 Å². The minimum absolute atomic E-state index is 0.0519. The lowest BCUT2D eigenvalue weighted by atomic mass is 9.89. The summed E-state index contributed by atoms with van der Waals surface area (Å²) in [6.45, 7) is 4.09. The maximum atomic E-state index is 11.5. The first-order chi connectivity index (χ1) is 14.3. The molecular formula is C24H36O6. The van der Waals surface area contributed by atoms with Gasteiger partial charge in [0.25, 0.3) is 0 Å². The molecule has 4 atom stereocenters. The van der Waals surface area contributed by atoms with E-state index in [2.05, 4.69) is 0 Å². The highest BCUT2D eigenvalue weighted by Gasteiger charge is 2.35. The van der Waals surface area contributed by atoms with Crippen molar-refractivity contribution < 1.29 is 29.4 Å². The van der Waals surface area contributed by atoms with Crippen LogP contribution in [0.1, 0.15) is 78.1 Å².